The standard InChI is InChI=1S/C22H23FN4O3S/c1-26-21(29)17-7-4-15(12-18(17)25-22(26)31)20(28)24-13-19(27-8-10-30-11-9-27)14-2-5-16(23)6-3-14/h2-7,12,19H,8-11,13H2,1H3,(H,24,28)(H,25,31). The summed E-state index contributed by atoms with van der Waals surface area (Å²) in [6.07, 6.45) is 0. The van der Waals surface area contributed by atoms with Crippen molar-refractivity contribution in [3.63, 3.8) is 0 Å². The Morgan fingerprint density at radius 1 is 1.23 bits per heavy atom. The van der Waals surface area contributed by atoms with E-state index in [1.165, 1.54) is 16.7 Å². The quantitative estimate of drug-likeness (QED) is 0.594. The zero-order valence-electron chi connectivity index (χ0n) is 17.1. The Balaban J connectivity index is 1.56. The Morgan fingerprint density at radius 2 is 1.94 bits per heavy atom. The number of aromatic nitrogens is 2. The topological polar surface area (TPSA) is 79.4 Å². The number of benzene rings is 2. The van der Waals surface area contributed by atoms with Gasteiger partial charge in [-0.3, -0.25) is 19.1 Å². The molecule has 1 aliphatic rings. The lowest BCUT2D eigenvalue weighted by Crippen LogP contribution is -2.43. The van der Waals surface area contributed by atoms with Crippen LogP contribution in [0.15, 0.2) is 47.3 Å². The van der Waals surface area contributed by atoms with E-state index in [1.807, 2.05) is 0 Å². The fraction of sp³-hybridized carbons (Fsp3) is 0.318. The fourth-order valence-corrected chi connectivity index (χ4v) is 3.96. The van der Waals surface area contributed by atoms with Crippen LogP contribution < -0.4 is 10.9 Å². The Labute approximate surface area is 183 Å². The van der Waals surface area contributed by atoms with Gasteiger partial charge < -0.3 is 15.0 Å². The predicted octanol–water partition coefficient (Wildman–Crippen LogP) is 2.54. The third-order valence-corrected chi connectivity index (χ3v) is 5.94. The van der Waals surface area contributed by atoms with Gasteiger partial charge in [0.15, 0.2) is 4.77 Å². The van der Waals surface area contributed by atoms with E-state index in [0.29, 0.717) is 41.0 Å². The first-order chi connectivity index (χ1) is 14.9. The summed E-state index contributed by atoms with van der Waals surface area (Å²) in [5.74, 6) is -0.560. The number of fused-ring (bicyclic) bond motifs is 1. The second kappa shape index (κ2) is 9.09. The maximum atomic E-state index is 13.4. The molecular formula is C22H23FN4O3S. The van der Waals surface area contributed by atoms with Crippen LogP contribution in [0.5, 0.6) is 0 Å². The van der Waals surface area contributed by atoms with E-state index >= 15 is 0 Å². The number of rotatable bonds is 5. The lowest BCUT2D eigenvalue weighted by Gasteiger charge is -2.35. The number of carbonyl (C=O) groups is 1. The van der Waals surface area contributed by atoms with Crippen molar-refractivity contribution in [3.05, 3.63) is 74.5 Å². The molecule has 0 bridgehead atoms. The molecule has 1 amide bonds. The largest absolute Gasteiger partial charge is 0.379 e. The summed E-state index contributed by atoms with van der Waals surface area (Å²) in [6.45, 7) is 3.05. The lowest BCUT2D eigenvalue weighted by atomic mass is 10.0. The van der Waals surface area contributed by atoms with Crippen molar-refractivity contribution in [2.45, 2.75) is 6.04 Å². The Hall–Kier alpha value is -2.88. The number of amides is 1. The number of carbonyl (C=O) groups excluding carboxylic acids is 1. The molecule has 1 unspecified atom stereocenters. The molecule has 1 saturated heterocycles. The van der Waals surface area contributed by atoms with E-state index in [-0.39, 0.29) is 23.3 Å². The number of aromatic amines is 1. The maximum absolute atomic E-state index is 13.4. The number of morpholine rings is 1. The molecule has 2 N–H and O–H groups in total. The maximum Gasteiger partial charge on any atom is 0.261 e. The number of nitrogens with zero attached hydrogens (tertiary/aromatic N) is 2. The molecule has 3 aromatic rings. The summed E-state index contributed by atoms with van der Waals surface area (Å²) in [6, 6.07) is 11.1. The van der Waals surface area contributed by atoms with Crippen LogP contribution in [0, 0.1) is 10.6 Å². The molecule has 162 valence electrons. The number of halogens is 1. The number of hydrogen-bond donors (Lipinski definition) is 2. The number of ether oxygens (including phenoxy) is 1. The first-order valence-electron chi connectivity index (χ1n) is 10.0. The van der Waals surface area contributed by atoms with Crippen LogP contribution >= 0.6 is 12.2 Å². The summed E-state index contributed by atoms with van der Waals surface area (Å²) in [7, 11) is 1.60. The predicted molar refractivity (Wildman–Crippen MR) is 118 cm³/mol. The van der Waals surface area contributed by atoms with E-state index in [9.17, 15) is 14.0 Å². The lowest BCUT2D eigenvalue weighted by molar-refractivity contribution is 0.0162. The van der Waals surface area contributed by atoms with Crippen LogP contribution in [-0.4, -0.2) is 53.2 Å². The van der Waals surface area contributed by atoms with Gasteiger partial charge in [-0.25, -0.2) is 4.39 Å². The van der Waals surface area contributed by atoms with Gasteiger partial charge in [0, 0.05) is 32.2 Å². The molecule has 1 fully saturated rings. The molecule has 9 heteroatoms. The molecule has 0 saturated carbocycles. The molecule has 0 radical (unpaired) electrons. The van der Waals surface area contributed by atoms with Crippen molar-refractivity contribution >= 4 is 29.0 Å². The van der Waals surface area contributed by atoms with Crippen molar-refractivity contribution in [3.8, 4) is 0 Å². The Morgan fingerprint density at radius 3 is 2.65 bits per heavy atom. The Bertz CT molecular complexity index is 1220. The zero-order valence-corrected chi connectivity index (χ0v) is 17.9. The van der Waals surface area contributed by atoms with Crippen LogP contribution in [0.1, 0.15) is 22.0 Å². The number of nitrogens with one attached hydrogen (secondary N) is 2. The SMILES string of the molecule is Cn1c(=S)[nH]c2cc(C(=O)NCC(c3ccc(F)cc3)N3CCOCC3)ccc2c1=O. The second-order valence-corrected chi connectivity index (χ2v) is 7.87. The minimum Gasteiger partial charge on any atom is -0.379 e. The van der Waals surface area contributed by atoms with Gasteiger partial charge in [0.05, 0.1) is 30.2 Å². The molecule has 7 nitrogen and oxygen atoms in total. The first kappa shape index (κ1) is 21.4. The number of H-pyrrole nitrogens is 1. The van der Waals surface area contributed by atoms with Crippen molar-refractivity contribution in [1.29, 1.82) is 0 Å². The smallest absolute Gasteiger partial charge is 0.261 e. The van der Waals surface area contributed by atoms with Gasteiger partial charge in [-0.05, 0) is 48.1 Å². The molecule has 0 aliphatic carbocycles. The van der Waals surface area contributed by atoms with Crippen molar-refractivity contribution < 1.29 is 13.9 Å². The molecule has 2 heterocycles. The molecule has 4 rings (SSSR count). The molecule has 2 aromatic carbocycles. The van der Waals surface area contributed by atoms with Crippen molar-refractivity contribution in [2.24, 2.45) is 7.05 Å². The van der Waals surface area contributed by atoms with Crippen LogP contribution in [0.2, 0.25) is 0 Å². The molecule has 1 aliphatic heterocycles. The van der Waals surface area contributed by atoms with Crippen LogP contribution in [-0.2, 0) is 11.8 Å². The summed E-state index contributed by atoms with van der Waals surface area (Å²) in [4.78, 5) is 30.4. The minimum atomic E-state index is -0.298. The van der Waals surface area contributed by atoms with Crippen LogP contribution in [0.3, 0.4) is 0 Å². The highest BCUT2D eigenvalue weighted by Crippen LogP contribution is 2.22. The zero-order chi connectivity index (χ0) is 22.0. The van der Waals surface area contributed by atoms with Crippen LogP contribution in [0.4, 0.5) is 4.39 Å². The highest BCUT2D eigenvalue weighted by molar-refractivity contribution is 7.71. The fourth-order valence-electron chi connectivity index (χ4n) is 3.77. The number of hydrogen-bond acceptors (Lipinski definition) is 5. The second-order valence-electron chi connectivity index (χ2n) is 7.48. The summed E-state index contributed by atoms with van der Waals surface area (Å²) >= 11 is 5.16. The third-order valence-electron chi connectivity index (χ3n) is 5.56. The highest BCUT2D eigenvalue weighted by atomic mass is 32.1. The molecule has 1 atom stereocenters. The normalized spacial score (nSPS) is 15.7. The van der Waals surface area contributed by atoms with E-state index in [1.54, 1.807) is 37.4 Å². The summed E-state index contributed by atoms with van der Waals surface area (Å²) < 4.78 is 20.5. The molecule has 31 heavy (non-hydrogen) atoms. The first-order valence-corrected chi connectivity index (χ1v) is 10.4. The molecular weight excluding hydrogens is 419 g/mol. The highest BCUT2D eigenvalue weighted by Gasteiger charge is 2.23. The van der Waals surface area contributed by atoms with Gasteiger partial charge in [0.25, 0.3) is 11.5 Å². The van der Waals surface area contributed by atoms with Crippen molar-refractivity contribution in [1.82, 2.24) is 19.8 Å². The van der Waals surface area contributed by atoms with Gasteiger partial charge in [-0.15, -0.1) is 0 Å². The van der Waals surface area contributed by atoms with E-state index in [2.05, 4.69) is 15.2 Å². The average molecular weight is 443 g/mol. The molecule has 1 aromatic heterocycles. The van der Waals surface area contributed by atoms with Gasteiger partial charge in [0.2, 0.25) is 0 Å². The van der Waals surface area contributed by atoms with Crippen LogP contribution in [0.25, 0.3) is 10.9 Å². The molecule has 0 spiro atoms. The van der Waals surface area contributed by atoms with Crippen molar-refractivity contribution in [2.75, 3.05) is 32.8 Å². The van der Waals surface area contributed by atoms with E-state index in [0.717, 1.165) is 18.7 Å². The Kier molecular flexibility index (Phi) is 6.26. The van der Waals surface area contributed by atoms with E-state index < -0.39 is 0 Å². The summed E-state index contributed by atoms with van der Waals surface area (Å²) in [5.41, 5.74) is 1.65. The summed E-state index contributed by atoms with van der Waals surface area (Å²) in [5, 5.41) is 3.44. The van der Waals surface area contributed by atoms with E-state index in [4.69, 9.17) is 17.0 Å². The van der Waals surface area contributed by atoms with Gasteiger partial charge in [-0.1, -0.05) is 12.1 Å². The van der Waals surface area contributed by atoms with Gasteiger partial charge >= 0.3 is 0 Å². The van der Waals surface area contributed by atoms with Gasteiger partial charge in [0.1, 0.15) is 5.82 Å². The third kappa shape index (κ3) is 4.58. The minimum absolute atomic E-state index is 0.105. The van der Waals surface area contributed by atoms with Gasteiger partial charge in [-0.2, -0.15) is 0 Å². The monoisotopic (exact) mass is 442 g/mol. The average Bonchev–Trinajstić information content (AvgIpc) is 2.79.